The van der Waals surface area contributed by atoms with Crippen molar-refractivity contribution in [1.29, 1.82) is 0 Å². The van der Waals surface area contributed by atoms with Gasteiger partial charge in [0.1, 0.15) is 0 Å². The predicted molar refractivity (Wildman–Crippen MR) is 78.4 cm³/mol. The molecule has 1 heteroatoms. The molecule has 0 saturated carbocycles. The lowest BCUT2D eigenvalue weighted by Crippen LogP contribution is -1.99. The molecule has 0 bridgehead atoms. The largest absolute Gasteiger partial charge is 0.321 e. The Labute approximate surface area is 110 Å². The molecule has 0 aliphatic carbocycles. The van der Waals surface area contributed by atoms with Gasteiger partial charge in [0.05, 0.1) is 0 Å². The Morgan fingerprint density at radius 2 is 1.72 bits per heavy atom. The van der Waals surface area contributed by atoms with E-state index in [9.17, 15) is 0 Å². The molecule has 0 atom stereocenters. The Balaban J connectivity index is 2.05. The van der Waals surface area contributed by atoms with Crippen LogP contribution in [-0.2, 0) is 6.42 Å². The first-order valence-corrected chi connectivity index (χ1v) is 7.04. The lowest BCUT2D eigenvalue weighted by Gasteiger charge is -2.09. The number of aromatic nitrogens is 1. The summed E-state index contributed by atoms with van der Waals surface area (Å²) in [5.41, 5.74) is 4.02. The van der Waals surface area contributed by atoms with Gasteiger partial charge in [0.2, 0.25) is 0 Å². The Bertz CT molecular complexity index is 465. The summed E-state index contributed by atoms with van der Waals surface area (Å²) in [6, 6.07) is 13.1. The summed E-state index contributed by atoms with van der Waals surface area (Å²) in [6.45, 7) is 4.39. The topological polar surface area (TPSA) is 4.93 Å². The fourth-order valence-corrected chi connectivity index (χ4v) is 2.31. The molecule has 96 valence electrons. The molecule has 0 aliphatic rings. The second-order valence-corrected chi connectivity index (χ2v) is 5.02. The average Bonchev–Trinajstić information content (AvgIpc) is 2.84. The van der Waals surface area contributed by atoms with Gasteiger partial charge in [-0.15, -0.1) is 0 Å². The number of unbranched alkanes of at least 4 members (excludes halogenated alkanes) is 3. The zero-order chi connectivity index (χ0) is 12.8. The number of hydrogen-bond acceptors (Lipinski definition) is 0. The van der Waals surface area contributed by atoms with Gasteiger partial charge in [-0.05, 0) is 44.0 Å². The molecule has 0 aliphatic heterocycles. The summed E-state index contributed by atoms with van der Waals surface area (Å²) < 4.78 is 2.31. The lowest BCUT2D eigenvalue weighted by molar-refractivity contribution is 0.656. The van der Waals surface area contributed by atoms with Crippen LogP contribution in [-0.4, -0.2) is 4.57 Å². The zero-order valence-electron chi connectivity index (χ0n) is 11.5. The molecular weight excluding hydrogens is 218 g/mol. The van der Waals surface area contributed by atoms with Crippen molar-refractivity contribution in [2.45, 2.75) is 46.0 Å². The third-order valence-corrected chi connectivity index (χ3v) is 3.43. The van der Waals surface area contributed by atoms with Crippen molar-refractivity contribution in [1.82, 2.24) is 4.57 Å². The third-order valence-electron chi connectivity index (χ3n) is 3.43. The molecule has 0 amide bonds. The highest BCUT2D eigenvalue weighted by atomic mass is 15.0. The molecule has 1 heterocycles. The maximum atomic E-state index is 2.31. The zero-order valence-corrected chi connectivity index (χ0v) is 11.5. The van der Waals surface area contributed by atoms with E-state index in [2.05, 4.69) is 61.0 Å². The van der Waals surface area contributed by atoms with E-state index in [4.69, 9.17) is 0 Å². The maximum absolute atomic E-state index is 2.31. The molecule has 18 heavy (non-hydrogen) atoms. The minimum Gasteiger partial charge on any atom is -0.321 e. The standard InChI is InChI=1S/C17H23N/c1-3-4-5-6-8-16-9-7-14-18(16)17-12-10-15(2)11-13-17/h7,9-14H,3-6,8H2,1-2H3. The van der Waals surface area contributed by atoms with Crippen molar-refractivity contribution in [3.63, 3.8) is 0 Å². The van der Waals surface area contributed by atoms with Crippen LogP contribution in [0.1, 0.15) is 43.9 Å². The summed E-state index contributed by atoms with van der Waals surface area (Å²) in [6.07, 6.45) is 8.64. The van der Waals surface area contributed by atoms with E-state index >= 15 is 0 Å². The molecule has 0 saturated heterocycles. The van der Waals surface area contributed by atoms with Crippen molar-refractivity contribution in [3.8, 4) is 5.69 Å². The number of benzene rings is 1. The van der Waals surface area contributed by atoms with Crippen LogP contribution in [0.2, 0.25) is 0 Å². The summed E-state index contributed by atoms with van der Waals surface area (Å²) in [5.74, 6) is 0. The van der Waals surface area contributed by atoms with E-state index < -0.39 is 0 Å². The van der Waals surface area contributed by atoms with Crippen molar-refractivity contribution >= 4 is 0 Å². The van der Waals surface area contributed by atoms with Crippen LogP contribution in [0.25, 0.3) is 5.69 Å². The summed E-state index contributed by atoms with van der Waals surface area (Å²) in [4.78, 5) is 0. The van der Waals surface area contributed by atoms with E-state index in [1.165, 1.54) is 49.0 Å². The fraction of sp³-hybridized carbons (Fsp3) is 0.412. The summed E-state index contributed by atoms with van der Waals surface area (Å²) in [7, 11) is 0. The van der Waals surface area contributed by atoms with Crippen molar-refractivity contribution in [2.24, 2.45) is 0 Å². The quantitative estimate of drug-likeness (QED) is 0.633. The van der Waals surface area contributed by atoms with Gasteiger partial charge in [-0.1, -0.05) is 43.9 Å². The monoisotopic (exact) mass is 241 g/mol. The second kappa shape index (κ2) is 6.44. The van der Waals surface area contributed by atoms with Gasteiger partial charge < -0.3 is 4.57 Å². The number of rotatable bonds is 6. The first-order valence-electron chi connectivity index (χ1n) is 7.04. The number of aryl methyl sites for hydroxylation is 2. The van der Waals surface area contributed by atoms with Gasteiger partial charge >= 0.3 is 0 Å². The number of nitrogens with zero attached hydrogens (tertiary/aromatic N) is 1. The van der Waals surface area contributed by atoms with Crippen LogP contribution < -0.4 is 0 Å². The minimum atomic E-state index is 1.18. The highest BCUT2D eigenvalue weighted by molar-refractivity contribution is 5.37. The molecular formula is C17H23N. The highest BCUT2D eigenvalue weighted by Crippen LogP contribution is 2.16. The Morgan fingerprint density at radius 3 is 2.44 bits per heavy atom. The van der Waals surface area contributed by atoms with E-state index in [0.717, 1.165) is 0 Å². The van der Waals surface area contributed by atoms with Gasteiger partial charge in [-0.3, -0.25) is 0 Å². The predicted octanol–water partition coefficient (Wildman–Crippen LogP) is 4.91. The van der Waals surface area contributed by atoms with Gasteiger partial charge in [-0.25, -0.2) is 0 Å². The van der Waals surface area contributed by atoms with Crippen LogP contribution in [0, 0.1) is 6.92 Å². The summed E-state index contributed by atoms with van der Waals surface area (Å²) in [5, 5.41) is 0. The van der Waals surface area contributed by atoms with E-state index in [1.54, 1.807) is 0 Å². The molecule has 0 unspecified atom stereocenters. The Morgan fingerprint density at radius 1 is 0.944 bits per heavy atom. The second-order valence-electron chi connectivity index (χ2n) is 5.02. The van der Waals surface area contributed by atoms with Crippen LogP contribution in [0.4, 0.5) is 0 Å². The molecule has 1 nitrogen and oxygen atoms in total. The molecule has 2 aromatic rings. The van der Waals surface area contributed by atoms with Gasteiger partial charge in [0.15, 0.2) is 0 Å². The maximum Gasteiger partial charge on any atom is 0.0452 e. The van der Waals surface area contributed by atoms with E-state index in [1.807, 2.05) is 0 Å². The summed E-state index contributed by atoms with van der Waals surface area (Å²) >= 11 is 0. The number of hydrogen-bond donors (Lipinski definition) is 0. The lowest BCUT2D eigenvalue weighted by atomic mass is 10.1. The molecule has 1 aromatic heterocycles. The molecule has 0 fully saturated rings. The van der Waals surface area contributed by atoms with Crippen molar-refractivity contribution in [2.75, 3.05) is 0 Å². The van der Waals surface area contributed by atoms with Crippen LogP contribution in [0.3, 0.4) is 0 Å². The molecule has 1 aromatic carbocycles. The van der Waals surface area contributed by atoms with Gasteiger partial charge in [0.25, 0.3) is 0 Å². The molecule has 0 N–H and O–H groups in total. The smallest absolute Gasteiger partial charge is 0.0452 e. The first-order chi connectivity index (χ1) is 8.81. The third kappa shape index (κ3) is 3.25. The molecule has 0 spiro atoms. The first kappa shape index (κ1) is 12.9. The normalized spacial score (nSPS) is 10.8. The molecule has 0 radical (unpaired) electrons. The van der Waals surface area contributed by atoms with Crippen LogP contribution in [0.5, 0.6) is 0 Å². The van der Waals surface area contributed by atoms with Crippen molar-refractivity contribution < 1.29 is 0 Å². The average molecular weight is 241 g/mol. The van der Waals surface area contributed by atoms with E-state index in [0.29, 0.717) is 0 Å². The van der Waals surface area contributed by atoms with E-state index in [-0.39, 0.29) is 0 Å². The van der Waals surface area contributed by atoms with Crippen LogP contribution in [0.15, 0.2) is 42.6 Å². The molecule has 2 rings (SSSR count). The van der Waals surface area contributed by atoms with Crippen molar-refractivity contribution in [3.05, 3.63) is 53.9 Å². The van der Waals surface area contributed by atoms with Crippen LogP contribution >= 0.6 is 0 Å². The highest BCUT2D eigenvalue weighted by Gasteiger charge is 2.02. The SMILES string of the molecule is CCCCCCc1cccn1-c1ccc(C)cc1. The fourth-order valence-electron chi connectivity index (χ4n) is 2.31. The van der Waals surface area contributed by atoms with Gasteiger partial charge in [-0.2, -0.15) is 0 Å². The minimum absolute atomic E-state index is 1.18. The Hall–Kier alpha value is -1.50. The van der Waals surface area contributed by atoms with Gasteiger partial charge in [0, 0.05) is 17.6 Å². The Kier molecular flexibility index (Phi) is 4.63.